The maximum absolute atomic E-state index is 14.5. The van der Waals surface area contributed by atoms with E-state index >= 15 is 0 Å². The molecule has 0 spiro atoms. The van der Waals surface area contributed by atoms with Gasteiger partial charge in [-0.25, -0.2) is 19.0 Å². The topological polar surface area (TPSA) is 438 Å². The fraction of sp³-hybridized carbons (Fsp3) is 0.731. The molecule has 4 bridgehead atoms. The van der Waals surface area contributed by atoms with Crippen molar-refractivity contribution in [3.05, 3.63) is 108 Å². The minimum atomic E-state index is -2.80. The highest BCUT2D eigenvalue weighted by Crippen LogP contribution is 2.44. The van der Waals surface area contributed by atoms with Crippen molar-refractivity contribution in [2.75, 3.05) is 55.7 Å². The van der Waals surface area contributed by atoms with Crippen LogP contribution >= 0.6 is 0 Å². The third-order valence-electron chi connectivity index (χ3n) is 30.2. The lowest BCUT2D eigenvalue weighted by Gasteiger charge is -2.42. The zero-order chi connectivity index (χ0) is 104. The molecule has 2 aromatic heterocycles. The summed E-state index contributed by atoms with van der Waals surface area (Å²) in [7, 11) is 4.82. The summed E-state index contributed by atoms with van der Waals surface area (Å²) in [4.78, 5) is 145. The standard InChI is InChI=1S/2C52H79N5O12/c2*1-31-16-12-11-13-17-32(2)43(65-8)28-39-21-19-37(7)52(64,69-39)49(61)50(62)56-23-15-14-18-41(56)51(63)68-44(34(4)26-38-20-22-40(45(27-38)66-9)57-30-53-54-55-57)29-42(58)33(3)25-36(6)47(60)48(67-10)46(59)35(5)24-31/h2*11-13,16-17,25,30-31,33-35,37-41,43-45,47-48,60,64H,14-15,18-24,26-29H2,1-10H3/b2*13-11?,16-12+,32-17?,36-25+/t2*31-,33-,34-,35-,37-,38+,39+,40+,41+,43+,44+,45-,47-,48+,52-/m11/s1/i8D3;. The Kier molecular flexibility index (Phi) is 42.0. The highest BCUT2D eigenvalue weighted by atomic mass is 16.6. The molecule has 4 N–H and O–H groups in total. The van der Waals surface area contributed by atoms with E-state index in [0.717, 1.165) is 36.2 Å². The largest absolute Gasteiger partial charge is 0.460 e. The summed E-state index contributed by atoms with van der Waals surface area (Å²) in [5, 5.41) is 70.4. The maximum Gasteiger partial charge on any atom is 0.329 e. The van der Waals surface area contributed by atoms with Gasteiger partial charge in [0.25, 0.3) is 23.4 Å². The van der Waals surface area contributed by atoms with Crippen LogP contribution in [0.2, 0.25) is 0 Å². The molecule has 10 rings (SSSR count). The summed E-state index contributed by atoms with van der Waals surface area (Å²) in [6, 6.07) is -2.48. The van der Waals surface area contributed by atoms with E-state index in [9.17, 15) is 68.4 Å². The van der Waals surface area contributed by atoms with Gasteiger partial charge >= 0.3 is 11.9 Å². The lowest BCUT2D eigenvalue weighted by atomic mass is 9.77. The number of methoxy groups -OCH3 is 6. The minimum Gasteiger partial charge on any atom is -0.460 e. The van der Waals surface area contributed by atoms with E-state index in [1.807, 2.05) is 84.1 Å². The monoisotopic (exact) mass is 1930 g/mol. The molecule has 30 atom stereocenters. The molecule has 6 aliphatic heterocycles. The smallest absolute Gasteiger partial charge is 0.329 e. The number of carbonyl (C=O) groups is 10. The van der Waals surface area contributed by atoms with Crippen molar-refractivity contribution in [1.29, 1.82) is 0 Å². The first-order valence-electron chi connectivity index (χ1n) is 51.4. The number of piperidine rings is 2. The molecule has 0 unspecified atom stereocenters. The van der Waals surface area contributed by atoms with E-state index in [2.05, 4.69) is 31.1 Å². The number of nitrogens with zero attached hydrogens (tertiary/aromatic N) is 10. The van der Waals surface area contributed by atoms with Gasteiger partial charge in [-0.2, -0.15) is 0 Å². The third kappa shape index (κ3) is 29.8. The van der Waals surface area contributed by atoms with Crippen LogP contribution in [0.5, 0.6) is 0 Å². The molecule has 8 aliphatic rings. The molecule has 34 nitrogen and oxygen atoms in total. The second-order valence-electron chi connectivity index (χ2n) is 40.6. The van der Waals surface area contributed by atoms with Crippen LogP contribution in [0, 0.1) is 71.0 Å². The normalized spacial score (nSPS) is 37.9. The van der Waals surface area contributed by atoms with E-state index < -0.39 is 163 Å². The Morgan fingerprint density at radius 2 is 0.855 bits per heavy atom. The first-order valence-corrected chi connectivity index (χ1v) is 49.9. The molecule has 8 heterocycles. The summed E-state index contributed by atoms with van der Waals surface area (Å²) < 4.78 is 86.4. The first kappa shape index (κ1) is 108. The number of cyclic esters (lactones) is 2. The lowest BCUT2D eigenvalue weighted by Crippen LogP contribution is -2.61. The number of fused-ring (bicyclic) bond motifs is 6. The Bertz CT molecular complexity index is 4730. The summed E-state index contributed by atoms with van der Waals surface area (Å²) >= 11 is 0. The first-order chi connectivity index (χ1) is 66.8. The van der Waals surface area contributed by atoms with Crippen LogP contribution in [0.3, 0.4) is 0 Å². The molecule has 2 saturated carbocycles. The number of hydrogen-bond donors (Lipinski definition) is 4. The van der Waals surface area contributed by atoms with E-state index in [4.69, 9.17) is 51.5 Å². The van der Waals surface area contributed by atoms with Crippen LogP contribution in [-0.4, -0.2) is 282 Å². The van der Waals surface area contributed by atoms with Crippen molar-refractivity contribution in [3.63, 3.8) is 0 Å². The van der Waals surface area contributed by atoms with Gasteiger partial charge in [0.05, 0.1) is 52.8 Å². The summed E-state index contributed by atoms with van der Waals surface area (Å²) in [6.45, 7) is 25.1. The van der Waals surface area contributed by atoms with Crippen LogP contribution in [0.4, 0.5) is 0 Å². The van der Waals surface area contributed by atoms with Gasteiger partial charge in [0.2, 0.25) is 11.6 Å². The highest BCUT2D eigenvalue weighted by molar-refractivity contribution is 6.39. The van der Waals surface area contributed by atoms with Gasteiger partial charge in [-0.15, -0.1) is 10.2 Å². The van der Waals surface area contributed by atoms with Gasteiger partial charge < -0.3 is 77.6 Å². The Balaban J connectivity index is 0.000000315. The number of aliphatic hydroxyl groups is 4. The molecule has 0 aromatic carbocycles. The molecule has 768 valence electrons. The molecule has 2 aliphatic carbocycles. The summed E-state index contributed by atoms with van der Waals surface area (Å²) in [6.07, 6.45) is 25.0. The summed E-state index contributed by atoms with van der Waals surface area (Å²) in [5.74, 6) is -16.7. The number of Topliss-reactive ketones (excluding diaryl/α,β-unsaturated/α-hetero) is 6. The SMILES string of the molecule is CO[C@H]1C[C@@H]2CC[C@@H](C)[C@@](O)(O2)C(=O)C(=O)N2CCCC[C@H]2C(=O)O[C@H]([C@H](C)C[C@@H]2CC[C@H](n3cnnn3)[C@H](OC)C2)CC(=O)[C@H](C)/C=C(\C)[C@@H](O)[C@@H](OC)C(=O)[C@H](C)C[C@H](C)/C=C/C=CC=C1C.[2H]C([2H])([2H])O[C@H]1C[C@@H]2CC[C@@H](C)[C@@](O)(O2)C(=O)C(=O)N2CCCC[C@H]2C(=O)O[C@H]([C@H](C)C[C@@H]2CC[C@H](n3cnnn3)[C@H](OC)C2)CC(=O)[C@H](C)/C=C(\C)[C@@H](O)[C@@H](OC)C(=O)[C@H](C)C[C@H](C)/C=C/C=CC=C1C. The van der Waals surface area contributed by atoms with Crippen molar-refractivity contribution < 1.29 is 120 Å². The quantitative estimate of drug-likeness (QED) is 0.0775. The number of esters is 2. The van der Waals surface area contributed by atoms with E-state index in [1.165, 1.54) is 19.1 Å². The minimum absolute atomic E-state index is 0.0170. The number of tetrazole rings is 2. The van der Waals surface area contributed by atoms with Crippen LogP contribution in [-0.2, 0) is 95.3 Å². The number of aromatic nitrogens is 8. The molecule has 4 saturated heterocycles. The van der Waals surface area contributed by atoms with Crippen molar-refractivity contribution in [2.24, 2.45) is 71.0 Å². The molecular formula is C104H158N10O24. The van der Waals surface area contributed by atoms with Gasteiger partial charge in [-0.1, -0.05) is 142 Å². The molecule has 0 radical (unpaired) electrons. The van der Waals surface area contributed by atoms with Crippen molar-refractivity contribution in [3.8, 4) is 0 Å². The van der Waals surface area contributed by atoms with Crippen LogP contribution in [0.15, 0.2) is 108 Å². The molecular weight excluding hydrogens is 1770 g/mol. The number of amides is 2. The van der Waals surface area contributed by atoms with E-state index in [0.29, 0.717) is 107 Å². The zero-order valence-electron chi connectivity index (χ0n) is 87.6. The van der Waals surface area contributed by atoms with Gasteiger partial charge in [0.1, 0.15) is 72.9 Å². The number of ketones is 6. The molecule has 2 amide bonds. The Morgan fingerprint density at radius 1 is 0.464 bits per heavy atom. The van der Waals surface area contributed by atoms with Crippen LogP contribution in [0.25, 0.3) is 0 Å². The fourth-order valence-corrected chi connectivity index (χ4v) is 21.3. The van der Waals surface area contributed by atoms with Crippen molar-refractivity contribution in [2.45, 2.75) is 360 Å². The number of hydrogen-bond acceptors (Lipinski definition) is 30. The van der Waals surface area contributed by atoms with Gasteiger partial charge in [0.15, 0.2) is 11.6 Å². The predicted molar refractivity (Wildman–Crippen MR) is 512 cm³/mol. The number of rotatable bonds is 14. The van der Waals surface area contributed by atoms with Crippen LogP contribution < -0.4 is 0 Å². The average Bonchev–Trinajstić information content (AvgIpc) is 1.20. The van der Waals surface area contributed by atoms with Gasteiger partial charge in [-0.05, 0) is 235 Å². The zero-order valence-corrected chi connectivity index (χ0v) is 84.6. The average molecular weight is 1940 g/mol. The second-order valence-corrected chi connectivity index (χ2v) is 40.6. The van der Waals surface area contributed by atoms with Crippen molar-refractivity contribution >= 4 is 58.5 Å². The third-order valence-corrected chi connectivity index (χ3v) is 30.2. The van der Waals surface area contributed by atoms with E-state index in [1.54, 1.807) is 129 Å². The number of aliphatic hydroxyl groups excluding tert-OH is 2. The predicted octanol–water partition coefficient (Wildman–Crippen LogP) is 12.1. The van der Waals surface area contributed by atoms with E-state index in [-0.39, 0.29) is 135 Å². The Labute approximate surface area is 819 Å². The molecule has 34 heteroatoms. The Morgan fingerprint density at radius 3 is 1.21 bits per heavy atom. The van der Waals surface area contributed by atoms with Gasteiger partial charge in [0, 0.05) is 117 Å². The number of carbonyl (C=O) groups excluding carboxylic acids is 10. The molecule has 138 heavy (non-hydrogen) atoms. The van der Waals surface area contributed by atoms with Gasteiger partial charge in [-0.3, -0.25) is 38.4 Å². The Hall–Kier alpha value is -8.52. The number of ether oxygens (including phenoxy) is 10. The number of allylic oxidation sites excluding steroid dienone is 12. The fourth-order valence-electron chi connectivity index (χ4n) is 21.3. The van der Waals surface area contributed by atoms with Crippen molar-refractivity contribution in [1.82, 2.24) is 50.2 Å². The lowest BCUT2D eigenvalue weighted by molar-refractivity contribution is -0.265. The molecule has 6 fully saturated rings. The maximum atomic E-state index is 14.5. The second kappa shape index (κ2) is 53.5. The van der Waals surface area contributed by atoms with Crippen LogP contribution in [0.1, 0.15) is 267 Å². The highest BCUT2D eigenvalue weighted by Gasteiger charge is 2.56. The summed E-state index contributed by atoms with van der Waals surface area (Å²) in [5.41, 5.74) is 2.16. The molecule has 2 aromatic rings.